The molecule has 96 valence electrons. The van der Waals surface area contributed by atoms with Crippen LogP contribution in [0.15, 0.2) is 23.0 Å². The third-order valence-electron chi connectivity index (χ3n) is 2.74. The smallest absolute Gasteiger partial charge is 0.337 e. The molecular weight excluding hydrogens is 232 g/mol. The van der Waals surface area contributed by atoms with E-state index in [2.05, 4.69) is 9.72 Å². The highest BCUT2D eigenvalue weighted by molar-refractivity contribution is 5.93. The van der Waals surface area contributed by atoms with E-state index in [0.29, 0.717) is 23.5 Å². The number of fused-ring (bicyclic) bond motifs is 1. The Labute approximate surface area is 104 Å². The molecule has 0 unspecified atom stereocenters. The third kappa shape index (κ3) is 2.16. The third-order valence-corrected chi connectivity index (χ3v) is 2.74. The minimum absolute atomic E-state index is 0.152. The zero-order valence-corrected chi connectivity index (χ0v) is 10.7. The number of imidazole rings is 1. The summed E-state index contributed by atoms with van der Waals surface area (Å²) >= 11 is 0. The molecule has 0 saturated carbocycles. The van der Waals surface area contributed by atoms with Crippen LogP contribution in [0.4, 0.5) is 0 Å². The van der Waals surface area contributed by atoms with Gasteiger partial charge in [0.15, 0.2) is 0 Å². The molecule has 0 saturated heterocycles. The first kappa shape index (κ1) is 12.4. The Kier molecular flexibility index (Phi) is 3.23. The van der Waals surface area contributed by atoms with Gasteiger partial charge >= 0.3 is 11.7 Å². The molecule has 0 radical (unpaired) electrons. The van der Waals surface area contributed by atoms with Gasteiger partial charge in [-0.05, 0) is 24.1 Å². The van der Waals surface area contributed by atoms with Gasteiger partial charge in [0.05, 0.1) is 23.7 Å². The van der Waals surface area contributed by atoms with Crippen molar-refractivity contribution in [2.24, 2.45) is 5.92 Å². The Morgan fingerprint density at radius 3 is 2.78 bits per heavy atom. The molecule has 0 aliphatic rings. The maximum atomic E-state index is 11.8. The van der Waals surface area contributed by atoms with Crippen molar-refractivity contribution in [3.8, 4) is 0 Å². The number of esters is 1. The molecule has 2 aromatic rings. The van der Waals surface area contributed by atoms with Crippen LogP contribution in [0.1, 0.15) is 24.2 Å². The van der Waals surface area contributed by atoms with Crippen LogP contribution in [-0.4, -0.2) is 22.6 Å². The van der Waals surface area contributed by atoms with Crippen molar-refractivity contribution in [2.45, 2.75) is 20.4 Å². The van der Waals surface area contributed by atoms with Crippen molar-refractivity contribution >= 4 is 17.0 Å². The highest BCUT2D eigenvalue weighted by Gasteiger charge is 2.11. The van der Waals surface area contributed by atoms with E-state index in [-0.39, 0.29) is 5.69 Å². The van der Waals surface area contributed by atoms with Gasteiger partial charge in [0.25, 0.3) is 0 Å². The number of rotatable bonds is 3. The van der Waals surface area contributed by atoms with Crippen LogP contribution in [0.3, 0.4) is 0 Å². The number of ether oxygens (including phenoxy) is 1. The molecule has 1 aromatic heterocycles. The molecule has 0 bridgehead atoms. The molecule has 1 aromatic carbocycles. The summed E-state index contributed by atoms with van der Waals surface area (Å²) < 4.78 is 6.33. The largest absolute Gasteiger partial charge is 0.465 e. The van der Waals surface area contributed by atoms with Gasteiger partial charge in [-0.15, -0.1) is 0 Å². The minimum Gasteiger partial charge on any atom is -0.465 e. The summed E-state index contributed by atoms with van der Waals surface area (Å²) in [7, 11) is 1.33. The fourth-order valence-corrected chi connectivity index (χ4v) is 1.95. The zero-order valence-electron chi connectivity index (χ0n) is 10.7. The van der Waals surface area contributed by atoms with E-state index in [1.807, 2.05) is 13.8 Å². The topological polar surface area (TPSA) is 64.1 Å². The number of aromatic nitrogens is 2. The van der Waals surface area contributed by atoms with Gasteiger partial charge in [0.2, 0.25) is 0 Å². The zero-order chi connectivity index (χ0) is 13.3. The van der Waals surface area contributed by atoms with Gasteiger partial charge in [0.1, 0.15) is 0 Å². The van der Waals surface area contributed by atoms with Crippen LogP contribution >= 0.6 is 0 Å². The Hall–Kier alpha value is -2.04. The summed E-state index contributed by atoms with van der Waals surface area (Å²) in [5.74, 6) is -0.0312. The summed E-state index contributed by atoms with van der Waals surface area (Å²) in [6.07, 6.45) is 0. The van der Waals surface area contributed by atoms with Gasteiger partial charge in [-0.2, -0.15) is 0 Å². The Balaban J connectivity index is 2.54. The number of carbonyl (C=O) groups excluding carboxylic acids is 1. The van der Waals surface area contributed by atoms with E-state index in [1.165, 1.54) is 7.11 Å². The van der Waals surface area contributed by atoms with Crippen molar-refractivity contribution in [3.63, 3.8) is 0 Å². The normalized spacial score (nSPS) is 11.1. The molecule has 0 amide bonds. The van der Waals surface area contributed by atoms with Crippen LogP contribution < -0.4 is 5.69 Å². The number of hydrogen-bond donors (Lipinski definition) is 1. The van der Waals surface area contributed by atoms with Crippen molar-refractivity contribution in [3.05, 3.63) is 34.2 Å². The summed E-state index contributed by atoms with van der Waals surface area (Å²) in [6, 6.07) is 5.07. The second-order valence-electron chi connectivity index (χ2n) is 4.66. The van der Waals surface area contributed by atoms with Crippen molar-refractivity contribution in [2.75, 3.05) is 7.11 Å². The number of hydrogen-bond acceptors (Lipinski definition) is 3. The van der Waals surface area contributed by atoms with Crippen molar-refractivity contribution in [1.82, 2.24) is 9.55 Å². The van der Waals surface area contributed by atoms with Gasteiger partial charge in [-0.1, -0.05) is 13.8 Å². The number of benzene rings is 1. The van der Waals surface area contributed by atoms with Crippen LogP contribution in [0.2, 0.25) is 0 Å². The van der Waals surface area contributed by atoms with Crippen LogP contribution in [0.25, 0.3) is 11.0 Å². The number of H-pyrrole nitrogens is 1. The maximum Gasteiger partial charge on any atom is 0.337 e. The van der Waals surface area contributed by atoms with Crippen LogP contribution in [0.5, 0.6) is 0 Å². The van der Waals surface area contributed by atoms with E-state index in [0.717, 1.165) is 5.52 Å². The lowest BCUT2D eigenvalue weighted by Gasteiger charge is -2.06. The van der Waals surface area contributed by atoms with Crippen LogP contribution in [0, 0.1) is 5.92 Å². The lowest BCUT2D eigenvalue weighted by molar-refractivity contribution is 0.0601. The van der Waals surface area contributed by atoms with Gasteiger partial charge in [-0.3, -0.25) is 4.57 Å². The molecule has 18 heavy (non-hydrogen) atoms. The number of aromatic amines is 1. The maximum absolute atomic E-state index is 11.8. The molecule has 1 heterocycles. The molecule has 0 spiro atoms. The minimum atomic E-state index is -0.408. The van der Waals surface area contributed by atoms with Crippen molar-refractivity contribution < 1.29 is 9.53 Å². The van der Waals surface area contributed by atoms with E-state index in [4.69, 9.17) is 0 Å². The molecule has 5 nitrogen and oxygen atoms in total. The first-order valence-electron chi connectivity index (χ1n) is 5.84. The van der Waals surface area contributed by atoms with Gasteiger partial charge in [-0.25, -0.2) is 9.59 Å². The summed E-state index contributed by atoms with van der Waals surface area (Å²) in [5.41, 5.74) is 1.74. The van der Waals surface area contributed by atoms with E-state index >= 15 is 0 Å². The number of nitrogens with one attached hydrogen (secondary N) is 1. The predicted molar refractivity (Wildman–Crippen MR) is 68.7 cm³/mol. The fraction of sp³-hybridized carbons (Fsp3) is 0.385. The highest BCUT2D eigenvalue weighted by atomic mass is 16.5. The quantitative estimate of drug-likeness (QED) is 0.842. The first-order chi connectivity index (χ1) is 8.52. The molecule has 0 atom stereocenters. The second-order valence-corrected chi connectivity index (χ2v) is 4.66. The molecule has 0 aliphatic heterocycles. The van der Waals surface area contributed by atoms with Gasteiger partial charge in [0, 0.05) is 6.54 Å². The lowest BCUT2D eigenvalue weighted by Crippen LogP contribution is -2.19. The number of carbonyl (C=O) groups is 1. The average molecular weight is 248 g/mol. The van der Waals surface area contributed by atoms with Crippen LogP contribution in [-0.2, 0) is 11.3 Å². The van der Waals surface area contributed by atoms with E-state index in [9.17, 15) is 9.59 Å². The molecule has 2 rings (SSSR count). The Bertz CT molecular complexity index is 637. The fourth-order valence-electron chi connectivity index (χ4n) is 1.95. The van der Waals surface area contributed by atoms with E-state index < -0.39 is 5.97 Å². The summed E-state index contributed by atoms with van der Waals surface area (Å²) in [6.45, 7) is 4.75. The predicted octanol–water partition coefficient (Wildman–Crippen LogP) is 1.77. The SMILES string of the molecule is COC(=O)c1ccc2c(c1)[nH]c(=O)n2CC(C)C. The Morgan fingerprint density at radius 1 is 1.44 bits per heavy atom. The second kappa shape index (κ2) is 4.68. The number of nitrogens with zero attached hydrogens (tertiary/aromatic N) is 1. The molecular formula is C13H16N2O3. The molecule has 1 N–H and O–H groups in total. The van der Waals surface area contributed by atoms with Gasteiger partial charge < -0.3 is 9.72 Å². The Morgan fingerprint density at radius 2 is 2.17 bits per heavy atom. The monoisotopic (exact) mass is 248 g/mol. The molecule has 0 fully saturated rings. The summed E-state index contributed by atoms with van der Waals surface area (Å²) in [4.78, 5) is 26.0. The first-order valence-corrected chi connectivity index (χ1v) is 5.84. The molecule has 5 heteroatoms. The van der Waals surface area contributed by atoms with Crippen molar-refractivity contribution in [1.29, 1.82) is 0 Å². The molecule has 0 aliphatic carbocycles. The highest BCUT2D eigenvalue weighted by Crippen LogP contribution is 2.14. The average Bonchev–Trinajstić information content (AvgIpc) is 2.63. The lowest BCUT2D eigenvalue weighted by atomic mass is 10.2. The van der Waals surface area contributed by atoms with E-state index in [1.54, 1.807) is 22.8 Å². The number of methoxy groups -OCH3 is 1. The summed E-state index contributed by atoms with van der Waals surface area (Å²) in [5, 5.41) is 0. The standard InChI is InChI=1S/C13H16N2O3/c1-8(2)7-15-11-5-4-9(12(16)18-3)6-10(11)14-13(15)17/h4-6,8H,7H2,1-3H3,(H,14,17).